The molecule has 196 valence electrons. The lowest BCUT2D eigenvalue weighted by molar-refractivity contribution is -0.124. The monoisotopic (exact) mass is 541 g/mol. The Morgan fingerprint density at radius 1 is 1.14 bits per heavy atom. The first-order valence-electron chi connectivity index (χ1n) is 12.4. The van der Waals surface area contributed by atoms with Crippen molar-refractivity contribution in [2.45, 2.75) is 95.1 Å². The van der Waals surface area contributed by atoms with E-state index in [9.17, 15) is 18.0 Å². The zero-order valence-electron chi connectivity index (χ0n) is 21.5. The molecule has 0 aliphatic heterocycles. The molecule has 1 saturated carbocycles. The van der Waals surface area contributed by atoms with Crippen molar-refractivity contribution in [3.8, 4) is 0 Å². The molecule has 1 aliphatic rings. The van der Waals surface area contributed by atoms with Crippen molar-refractivity contribution in [3.63, 3.8) is 0 Å². The third kappa shape index (κ3) is 8.86. The summed E-state index contributed by atoms with van der Waals surface area (Å²) in [7, 11) is -4.06. The molecule has 1 amide bonds. The highest BCUT2D eigenvalue weighted by atomic mass is 32.2. The number of ketones is 1. The van der Waals surface area contributed by atoms with Crippen LogP contribution < -0.4 is 0 Å². The number of sulfonamides is 1. The van der Waals surface area contributed by atoms with E-state index in [-0.39, 0.29) is 38.2 Å². The molecule has 1 unspecified atom stereocenters. The van der Waals surface area contributed by atoms with E-state index in [0.717, 1.165) is 35.6 Å². The van der Waals surface area contributed by atoms with Crippen LogP contribution in [0, 0.1) is 5.92 Å². The highest BCUT2D eigenvalue weighted by Gasteiger charge is 2.31. The van der Waals surface area contributed by atoms with Gasteiger partial charge >= 0.3 is 0 Å². The van der Waals surface area contributed by atoms with Crippen molar-refractivity contribution in [2.24, 2.45) is 5.92 Å². The van der Waals surface area contributed by atoms with Crippen LogP contribution in [-0.2, 0) is 29.8 Å². The molecule has 2 rings (SSSR count). The van der Waals surface area contributed by atoms with Crippen molar-refractivity contribution < 1.29 is 22.7 Å². The maximum atomic E-state index is 13.4. The number of hydrogen-bond acceptors (Lipinski definition) is 7. The summed E-state index contributed by atoms with van der Waals surface area (Å²) in [5.41, 5.74) is 0.881. The molecule has 1 aliphatic carbocycles. The number of carbonyl (C=O) groups excluding carboxylic acids is 2. The van der Waals surface area contributed by atoms with Crippen molar-refractivity contribution in [2.75, 3.05) is 13.2 Å². The summed E-state index contributed by atoms with van der Waals surface area (Å²) in [4.78, 5) is 25.4. The molecule has 1 aromatic carbocycles. The van der Waals surface area contributed by atoms with Gasteiger partial charge in [0.2, 0.25) is 10.3 Å². The van der Waals surface area contributed by atoms with Crippen LogP contribution >= 0.6 is 24.0 Å². The van der Waals surface area contributed by atoms with E-state index in [1.54, 1.807) is 24.3 Å². The number of thioether (sulfide) groups is 1. The minimum atomic E-state index is -4.06. The normalized spacial score (nSPS) is 15.9. The molecule has 0 N–H and O–H groups in total. The third-order valence-electron chi connectivity index (χ3n) is 6.33. The zero-order valence-corrected chi connectivity index (χ0v) is 24.0. The Morgan fingerprint density at radius 3 is 2.26 bits per heavy atom. The molecule has 1 atom stereocenters. The van der Waals surface area contributed by atoms with Crippen molar-refractivity contribution in [1.82, 2.24) is 4.31 Å². The van der Waals surface area contributed by atoms with Gasteiger partial charge in [0.25, 0.3) is 10.0 Å². The van der Waals surface area contributed by atoms with Gasteiger partial charge in [-0.2, -0.15) is 0 Å². The number of benzene rings is 1. The fourth-order valence-electron chi connectivity index (χ4n) is 4.24. The van der Waals surface area contributed by atoms with Gasteiger partial charge in [-0.3, -0.25) is 9.59 Å². The third-order valence-corrected chi connectivity index (χ3v) is 9.62. The first kappa shape index (κ1) is 29.8. The van der Waals surface area contributed by atoms with Crippen LogP contribution in [0.15, 0.2) is 29.2 Å². The average molecular weight is 542 g/mol. The summed E-state index contributed by atoms with van der Waals surface area (Å²) < 4.78 is 33.5. The molecule has 0 heterocycles. The molecule has 6 nitrogen and oxygen atoms in total. The molecular formula is C26H39NO5S3. The predicted octanol–water partition coefficient (Wildman–Crippen LogP) is 5.87. The van der Waals surface area contributed by atoms with E-state index >= 15 is 0 Å². The molecule has 0 aromatic heterocycles. The van der Waals surface area contributed by atoms with Crippen molar-refractivity contribution in [3.05, 3.63) is 29.8 Å². The Kier molecular flexibility index (Phi) is 11.2. The standard InChI is InChI=1S/C26H39NO5S3/c1-6-32-25(33)34-22(14-17-24(29)20-10-8-7-9-11-20)18-27(19(2)28)35(30,31)23-15-12-21(13-16-23)26(3,4)5/h12-13,15-16,20,22H,6-11,14,17-18H2,1-5H3. The van der Waals surface area contributed by atoms with Crippen LogP contribution in [0.1, 0.15) is 85.1 Å². The summed E-state index contributed by atoms with van der Waals surface area (Å²) in [6, 6.07) is 6.66. The van der Waals surface area contributed by atoms with E-state index in [4.69, 9.17) is 17.0 Å². The topological polar surface area (TPSA) is 80.8 Å². The van der Waals surface area contributed by atoms with Gasteiger partial charge in [0.15, 0.2) is 0 Å². The first-order valence-corrected chi connectivity index (χ1v) is 15.1. The van der Waals surface area contributed by atoms with E-state index in [1.165, 1.54) is 25.1 Å². The Hall–Kier alpha value is -1.45. The van der Waals surface area contributed by atoms with Crippen LogP contribution in [0.3, 0.4) is 0 Å². The number of carbonyl (C=O) groups is 2. The lowest BCUT2D eigenvalue weighted by atomic mass is 9.84. The lowest BCUT2D eigenvalue weighted by Gasteiger charge is -2.27. The Morgan fingerprint density at radius 2 is 1.74 bits per heavy atom. The van der Waals surface area contributed by atoms with Crippen LogP contribution in [0.5, 0.6) is 0 Å². The maximum Gasteiger partial charge on any atom is 0.266 e. The molecule has 0 bridgehead atoms. The number of Topliss-reactive ketones (excluding diaryl/α,β-unsaturated/α-hetero) is 1. The zero-order chi connectivity index (χ0) is 26.2. The SMILES string of the molecule is CCOC(=S)SC(CCC(=O)C1CCCCC1)CN(C(C)=O)S(=O)(=O)c1ccc(C(C)(C)C)cc1. The number of thiocarbonyl (C=S) groups is 1. The van der Waals surface area contributed by atoms with E-state index < -0.39 is 15.9 Å². The van der Waals surface area contributed by atoms with Gasteiger partial charge in [-0.25, -0.2) is 12.7 Å². The minimum Gasteiger partial charge on any atom is -0.479 e. The summed E-state index contributed by atoms with van der Waals surface area (Å²) in [5.74, 6) is -0.272. The number of amides is 1. The highest BCUT2D eigenvalue weighted by Crippen LogP contribution is 2.29. The number of hydrogen-bond donors (Lipinski definition) is 0. The second kappa shape index (κ2) is 13.2. The molecule has 0 spiro atoms. The average Bonchev–Trinajstić information content (AvgIpc) is 2.80. The van der Waals surface area contributed by atoms with E-state index in [2.05, 4.69) is 20.8 Å². The molecular weight excluding hydrogens is 502 g/mol. The van der Waals surface area contributed by atoms with E-state index in [1.807, 2.05) is 6.92 Å². The summed E-state index contributed by atoms with van der Waals surface area (Å²) in [6.45, 7) is 9.55. The maximum absolute atomic E-state index is 13.4. The smallest absolute Gasteiger partial charge is 0.266 e. The molecule has 9 heteroatoms. The second-order valence-corrected chi connectivity index (χ2v) is 13.9. The summed E-state index contributed by atoms with van der Waals surface area (Å²) in [6.07, 6.45) is 5.94. The largest absolute Gasteiger partial charge is 0.479 e. The van der Waals surface area contributed by atoms with Crippen LogP contribution in [0.25, 0.3) is 0 Å². The Bertz CT molecular complexity index is 977. The number of nitrogens with zero attached hydrogens (tertiary/aromatic N) is 1. The van der Waals surface area contributed by atoms with Crippen LogP contribution in [-0.4, -0.2) is 47.2 Å². The van der Waals surface area contributed by atoms with Gasteiger partial charge in [0, 0.05) is 31.1 Å². The molecule has 35 heavy (non-hydrogen) atoms. The van der Waals surface area contributed by atoms with Crippen LogP contribution in [0.2, 0.25) is 0 Å². The van der Waals surface area contributed by atoms with E-state index in [0.29, 0.717) is 19.4 Å². The lowest BCUT2D eigenvalue weighted by Crippen LogP contribution is -2.40. The second-order valence-electron chi connectivity index (χ2n) is 10.1. The van der Waals surface area contributed by atoms with Gasteiger partial charge in [-0.1, -0.05) is 63.9 Å². The fourth-order valence-corrected chi connectivity index (χ4v) is 7.23. The van der Waals surface area contributed by atoms with Gasteiger partial charge in [-0.15, -0.1) is 0 Å². The van der Waals surface area contributed by atoms with Crippen LogP contribution in [0.4, 0.5) is 0 Å². The Labute approximate surface area is 220 Å². The summed E-state index contributed by atoms with van der Waals surface area (Å²) >= 11 is 6.51. The van der Waals surface area contributed by atoms with Gasteiger partial charge in [0.05, 0.1) is 11.5 Å². The molecule has 0 saturated heterocycles. The van der Waals surface area contributed by atoms with Gasteiger partial charge in [0.1, 0.15) is 5.78 Å². The highest BCUT2D eigenvalue weighted by molar-refractivity contribution is 8.23. The van der Waals surface area contributed by atoms with Gasteiger partial charge in [-0.05, 0) is 61.5 Å². The van der Waals surface area contributed by atoms with Crippen molar-refractivity contribution >= 4 is 50.1 Å². The van der Waals surface area contributed by atoms with Crippen molar-refractivity contribution in [1.29, 1.82) is 0 Å². The molecule has 1 fully saturated rings. The minimum absolute atomic E-state index is 0.0649. The molecule has 0 radical (unpaired) electrons. The number of ether oxygens (including phenoxy) is 1. The Balaban J connectivity index is 2.22. The van der Waals surface area contributed by atoms with Gasteiger partial charge < -0.3 is 4.74 Å². The molecule has 1 aromatic rings. The number of rotatable bonds is 10. The fraction of sp³-hybridized carbons (Fsp3) is 0.654. The quantitative estimate of drug-likeness (QED) is 0.343. The summed E-state index contributed by atoms with van der Waals surface area (Å²) in [5, 5.41) is -0.380. The predicted molar refractivity (Wildman–Crippen MR) is 146 cm³/mol. The first-order chi connectivity index (χ1) is 16.4.